The number of carbonyl (C=O) groups is 4. The van der Waals surface area contributed by atoms with E-state index in [1.807, 2.05) is 27.7 Å². The van der Waals surface area contributed by atoms with Crippen molar-refractivity contribution >= 4 is 23.9 Å². The van der Waals surface area contributed by atoms with Gasteiger partial charge in [0.2, 0.25) is 0 Å². The van der Waals surface area contributed by atoms with E-state index in [4.69, 9.17) is 24.7 Å². The van der Waals surface area contributed by atoms with Crippen molar-refractivity contribution in [1.29, 1.82) is 0 Å². The van der Waals surface area contributed by atoms with Crippen LogP contribution in [0.1, 0.15) is 66.4 Å². The molecule has 9 heteroatoms. The van der Waals surface area contributed by atoms with Gasteiger partial charge >= 0.3 is 23.9 Å². The molecule has 0 amide bonds. The van der Waals surface area contributed by atoms with Crippen molar-refractivity contribution < 1.29 is 38.1 Å². The van der Waals surface area contributed by atoms with Crippen molar-refractivity contribution in [2.45, 2.75) is 79.4 Å². The van der Waals surface area contributed by atoms with Gasteiger partial charge < -0.3 is 24.7 Å². The maximum Gasteiger partial charge on any atom is 0.323 e. The first-order chi connectivity index (χ1) is 15.9. The summed E-state index contributed by atoms with van der Waals surface area (Å²) < 4.78 is 21.0. The highest BCUT2D eigenvalue weighted by atomic mass is 16.6. The molecule has 2 atom stereocenters. The largest absolute Gasteiger partial charge is 0.462 e. The Bertz CT molecular complexity index is 849. The minimum Gasteiger partial charge on any atom is -0.462 e. The quantitative estimate of drug-likeness (QED) is 0.334. The monoisotopic (exact) mass is 479 g/mol. The molecule has 0 aliphatic rings. The molecule has 0 fully saturated rings. The third-order valence-corrected chi connectivity index (χ3v) is 4.45. The predicted octanol–water partition coefficient (Wildman–Crippen LogP) is 3.34. The van der Waals surface area contributed by atoms with E-state index in [2.05, 4.69) is 0 Å². The first kappa shape index (κ1) is 29.1. The molecule has 1 aromatic carbocycles. The summed E-state index contributed by atoms with van der Waals surface area (Å²) in [5.41, 5.74) is 6.58. The van der Waals surface area contributed by atoms with Gasteiger partial charge in [0.25, 0.3) is 0 Å². The lowest BCUT2D eigenvalue weighted by atomic mass is 10.1. The predicted molar refractivity (Wildman–Crippen MR) is 125 cm³/mol. The minimum absolute atomic E-state index is 0.0580. The number of ether oxygens (including phenoxy) is 4. The molecule has 1 rings (SSSR count). The van der Waals surface area contributed by atoms with Gasteiger partial charge in [0, 0.05) is 19.3 Å². The van der Waals surface area contributed by atoms with Gasteiger partial charge in [-0.25, -0.2) is 0 Å². The summed E-state index contributed by atoms with van der Waals surface area (Å²) in [6.45, 7) is 10.8. The molecule has 1 aromatic rings. The van der Waals surface area contributed by atoms with Gasteiger partial charge in [0.15, 0.2) is 11.5 Å². The van der Waals surface area contributed by atoms with Crippen LogP contribution in [-0.2, 0) is 35.1 Å². The lowest BCUT2D eigenvalue weighted by Crippen LogP contribution is -2.37. The van der Waals surface area contributed by atoms with Crippen LogP contribution in [-0.4, -0.2) is 42.6 Å². The number of rotatable bonds is 13. The molecule has 0 bridgehead atoms. The molecule has 0 saturated heterocycles. The second kappa shape index (κ2) is 14.3. The zero-order valence-corrected chi connectivity index (χ0v) is 20.9. The Kier molecular flexibility index (Phi) is 12.3. The molecular formula is C25H37NO8. The van der Waals surface area contributed by atoms with Crippen LogP contribution in [0.2, 0.25) is 0 Å². The number of carbonyl (C=O) groups excluding carboxylic acids is 4. The van der Waals surface area contributed by atoms with Crippen LogP contribution < -0.4 is 15.2 Å². The Labute approximate surface area is 201 Å². The fourth-order valence-corrected chi connectivity index (χ4v) is 2.81. The molecule has 2 N–H and O–H groups in total. The zero-order chi connectivity index (χ0) is 25.8. The molecule has 190 valence electrons. The molecule has 0 saturated carbocycles. The summed E-state index contributed by atoms with van der Waals surface area (Å²) in [6, 6.07) is 3.67. The van der Waals surface area contributed by atoms with Crippen LogP contribution in [0.4, 0.5) is 0 Å². The molecule has 0 unspecified atom stereocenters. The standard InChI is InChI=1S/C25H37NO8/c1-7-22(27)31-14-17(6)32-25(30)19(26)12-18-8-9-20(33-23(28)10-15(2)3)21(13-18)34-24(29)11-16(4)5/h8-9,13,15-17,19H,7,10-12,14,26H2,1-6H3/t17-,19-/m0/s1. The normalized spacial score (nSPS) is 12.7. The summed E-state index contributed by atoms with van der Waals surface area (Å²) >= 11 is 0. The van der Waals surface area contributed by atoms with Crippen LogP contribution in [0, 0.1) is 11.8 Å². The van der Waals surface area contributed by atoms with Crippen LogP contribution in [0.5, 0.6) is 11.5 Å². The van der Waals surface area contributed by atoms with E-state index in [1.165, 1.54) is 12.1 Å². The second-order valence-corrected chi connectivity index (χ2v) is 9.02. The summed E-state index contributed by atoms with van der Waals surface area (Å²) in [5.74, 6) is -1.56. The van der Waals surface area contributed by atoms with E-state index in [0.717, 1.165) is 0 Å². The van der Waals surface area contributed by atoms with Crippen molar-refractivity contribution in [3.8, 4) is 11.5 Å². The highest BCUT2D eigenvalue weighted by Crippen LogP contribution is 2.30. The van der Waals surface area contributed by atoms with Crippen molar-refractivity contribution in [3.05, 3.63) is 23.8 Å². The average Bonchev–Trinajstić information content (AvgIpc) is 2.72. The van der Waals surface area contributed by atoms with E-state index < -0.39 is 30.1 Å². The topological polar surface area (TPSA) is 131 Å². The molecule has 0 aliphatic heterocycles. The molecule has 34 heavy (non-hydrogen) atoms. The van der Waals surface area contributed by atoms with Gasteiger partial charge in [0.05, 0.1) is 0 Å². The highest BCUT2D eigenvalue weighted by Gasteiger charge is 2.22. The van der Waals surface area contributed by atoms with Gasteiger partial charge in [-0.15, -0.1) is 0 Å². The first-order valence-electron chi connectivity index (χ1n) is 11.6. The van der Waals surface area contributed by atoms with E-state index in [9.17, 15) is 19.2 Å². The third-order valence-electron chi connectivity index (χ3n) is 4.45. The van der Waals surface area contributed by atoms with E-state index in [0.29, 0.717) is 5.56 Å². The van der Waals surface area contributed by atoms with Crippen molar-refractivity contribution in [3.63, 3.8) is 0 Å². The van der Waals surface area contributed by atoms with Crippen LogP contribution in [0.3, 0.4) is 0 Å². The Morgan fingerprint density at radius 2 is 1.41 bits per heavy atom. The van der Waals surface area contributed by atoms with Gasteiger partial charge in [-0.1, -0.05) is 40.7 Å². The molecule has 0 heterocycles. The lowest BCUT2D eigenvalue weighted by Gasteiger charge is -2.18. The number of hydrogen-bond acceptors (Lipinski definition) is 9. The third kappa shape index (κ3) is 11.3. The highest BCUT2D eigenvalue weighted by molar-refractivity contribution is 5.77. The second-order valence-electron chi connectivity index (χ2n) is 9.02. The fraction of sp³-hybridized carbons (Fsp3) is 0.600. The van der Waals surface area contributed by atoms with E-state index in [1.54, 1.807) is 19.9 Å². The van der Waals surface area contributed by atoms with Gasteiger partial charge in [-0.2, -0.15) is 0 Å². The number of esters is 4. The summed E-state index contributed by atoms with van der Waals surface area (Å²) in [5, 5.41) is 0. The Balaban J connectivity index is 2.91. The van der Waals surface area contributed by atoms with Gasteiger partial charge in [-0.05, 0) is 42.9 Å². The van der Waals surface area contributed by atoms with E-state index >= 15 is 0 Å². The molecule has 9 nitrogen and oxygen atoms in total. The molecule has 0 spiro atoms. The van der Waals surface area contributed by atoms with Gasteiger partial charge in [-0.3, -0.25) is 19.2 Å². The smallest absolute Gasteiger partial charge is 0.323 e. The van der Waals surface area contributed by atoms with Crippen molar-refractivity contribution in [1.82, 2.24) is 0 Å². The minimum atomic E-state index is -1.00. The molecule has 0 aromatic heterocycles. The molecular weight excluding hydrogens is 442 g/mol. The SMILES string of the molecule is CCC(=O)OC[C@H](C)OC(=O)[C@@H](N)Cc1ccc(OC(=O)CC(C)C)c(OC(=O)CC(C)C)c1. The summed E-state index contributed by atoms with van der Waals surface area (Å²) in [7, 11) is 0. The maximum atomic E-state index is 12.3. The Morgan fingerprint density at radius 3 is 1.94 bits per heavy atom. The number of nitrogens with two attached hydrogens (primary N) is 1. The van der Waals surface area contributed by atoms with Crippen molar-refractivity contribution in [2.75, 3.05) is 6.61 Å². The average molecular weight is 480 g/mol. The van der Waals surface area contributed by atoms with Crippen LogP contribution >= 0.6 is 0 Å². The summed E-state index contributed by atoms with van der Waals surface area (Å²) in [6.07, 6.45) is 0.0753. The fourth-order valence-electron chi connectivity index (χ4n) is 2.81. The van der Waals surface area contributed by atoms with Crippen LogP contribution in [0.15, 0.2) is 18.2 Å². The Hall–Kier alpha value is -2.94. The molecule has 0 aliphatic carbocycles. The van der Waals surface area contributed by atoms with Crippen molar-refractivity contribution in [2.24, 2.45) is 17.6 Å². The first-order valence-corrected chi connectivity index (χ1v) is 11.6. The number of hydrogen-bond donors (Lipinski definition) is 1. The number of benzene rings is 1. The van der Waals surface area contributed by atoms with Crippen LogP contribution in [0.25, 0.3) is 0 Å². The van der Waals surface area contributed by atoms with E-state index in [-0.39, 0.29) is 61.6 Å². The Morgan fingerprint density at radius 1 is 0.853 bits per heavy atom. The van der Waals surface area contributed by atoms with Gasteiger partial charge in [0.1, 0.15) is 18.8 Å². The maximum absolute atomic E-state index is 12.3. The molecule has 0 radical (unpaired) electrons. The summed E-state index contributed by atoms with van der Waals surface area (Å²) in [4.78, 5) is 47.9. The zero-order valence-electron chi connectivity index (χ0n) is 20.9. The lowest BCUT2D eigenvalue weighted by molar-refractivity contribution is -0.158.